The number of allylic oxidation sites excluding steroid dienone is 1. The number of carbonyl (C=O) groups excluding carboxylic acids is 2. The first kappa shape index (κ1) is 18.3. The third-order valence-electron chi connectivity index (χ3n) is 3.48. The summed E-state index contributed by atoms with van der Waals surface area (Å²) in [6, 6.07) is 16.2. The summed E-state index contributed by atoms with van der Waals surface area (Å²) >= 11 is 0. The van der Waals surface area contributed by atoms with Crippen LogP contribution in [0.4, 0.5) is 11.4 Å². The number of anilines is 2. The lowest BCUT2D eigenvalue weighted by molar-refractivity contribution is -0.111. The molecule has 2 rings (SSSR count). The van der Waals surface area contributed by atoms with Crippen molar-refractivity contribution in [3.05, 3.63) is 72.3 Å². The highest BCUT2D eigenvalue weighted by molar-refractivity contribution is 6.17. The van der Waals surface area contributed by atoms with Gasteiger partial charge < -0.3 is 15.9 Å². The number of rotatable bonds is 8. The van der Waals surface area contributed by atoms with E-state index in [1.807, 2.05) is 30.3 Å². The van der Waals surface area contributed by atoms with Crippen LogP contribution in [0.2, 0.25) is 0 Å². The van der Waals surface area contributed by atoms with Crippen molar-refractivity contribution in [1.29, 1.82) is 0 Å². The topological polar surface area (TPSA) is 70.2 Å². The van der Waals surface area contributed by atoms with Crippen LogP contribution in [-0.4, -0.2) is 26.3 Å². The van der Waals surface area contributed by atoms with E-state index in [4.69, 9.17) is 7.98 Å². The molecule has 0 saturated heterocycles. The second-order valence-electron chi connectivity index (χ2n) is 5.35. The molecule has 0 bridgehead atoms. The van der Waals surface area contributed by atoms with Crippen LogP contribution >= 0.6 is 0 Å². The van der Waals surface area contributed by atoms with E-state index in [2.05, 4.69) is 15.9 Å². The van der Waals surface area contributed by atoms with Crippen molar-refractivity contribution in [2.45, 2.75) is 12.8 Å². The molecule has 0 heterocycles. The van der Waals surface area contributed by atoms with Crippen LogP contribution in [0.15, 0.2) is 66.7 Å². The molecule has 25 heavy (non-hydrogen) atoms. The number of hydrogen-bond donors (Lipinski definition) is 3. The Labute approximate surface area is 149 Å². The molecular weight excluding hydrogens is 313 g/mol. The number of nitrogens with one attached hydrogen (secondary N) is 3. The SMILES string of the molecule is [B]Nc1ccccc1NC(=O)/C=C/CCCNC(=O)c1ccccc1. The Bertz CT molecular complexity index is 732. The lowest BCUT2D eigenvalue weighted by atomic mass is 10.2. The first-order valence-electron chi connectivity index (χ1n) is 8.07. The van der Waals surface area contributed by atoms with Gasteiger partial charge in [0, 0.05) is 17.8 Å². The molecule has 0 aromatic heterocycles. The first-order chi connectivity index (χ1) is 12.2. The quantitative estimate of drug-likeness (QED) is 0.395. The molecule has 0 aliphatic rings. The molecule has 6 heteroatoms. The lowest BCUT2D eigenvalue weighted by Gasteiger charge is -2.08. The van der Waals surface area contributed by atoms with Crippen LogP contribution in [0.25, 0.3) is 0 Å². The Hall–Kier alpha value is -3.02. The molecule has 0 saturated carbocycles. The molecule has 0 aliphatic heterocycles. The summed E-state index contributed by atoms with van der Waals surface area (Å²) in [5, 5.41) is 8.13. The van der Waals surface area contributed by atoms with Crippen LogP contribution < -0.4 is 15.9 Å². The van der Waals surface area contributed by atoms with Crippen LogP contribution in [0.1, 0.15) is 23.2 Å². The van der Waals surface area contributed by atoms with Crippen molar-refractivity contribution in [2.24, 2.45) is 0 Å². The maximum absolute atomic E-state index is 11.9. The fourth-order valence-corrected chi connectivity index (χ4v) is 2.20. The van der Waals surface area contributed by atoms with Crippen molar-refractivity contribution in [1.82, 2.24) is 5.32 Å². The van der Waals surface area contributed by atoms with Crippen LogP contribution in [0, 0.1) is 0 Å². The Morgan fingerprint density at radius 2 is 1.64 bits per heavy atom. The van der Waals surface area contributed by atoms with Crippen molar-refractivity contribution in [2.75, 3.05) is 17.1 Å². The van der Waals surface area contributed by atoms with E-state index < -0.39 is 0 Å². The highest BCUT2D eigenvalue weighted by atomic mass is 16.2. The van der Waals surface area contributed by atoms with E-state index in [0.717, 1.165) is 6.42 Å². The Kier molecular flexibility index (Phi) is 7.31. The second-order valence-corrected chi connectivity index (χ2v) is 5.35. The Morgan fingerprint density at radius 1 is 0.960 bits per heavy atom. The Balaban J connectivity index is 1.67. The van der Waals surface area contributed by atoms with E-state index in [9.17, 15) is 9.59 Å². The minimum Gasteiger partial charge on any atom is -0.436 e. The highest BCUT2D eigenvalue weighted by Gasteiger charge is 2.03. The lowest BCUT2D eigenvalue weighted by Crippen LogP contribution is -2.24. The minimum atomic E-state index is -0.226. The maximum Gasteiger partial charge on any atom is 0.251 e. The smallest absolute Gasteiger partial charge is 0.251 e. The third-order valence-corrected chi connectivity index (χ3v) is 3.48. The molecule has 5 nitrogen and oxygen atoms in total. The summed E-state index contributed by atoms with van der Waals surface area (Å²) in [5.74, 6) is -0.316. The third kappa shape index (κ3) is 6.18. The van der Waals surface area contributed by atoms with Crippen molar-refractivity contribution in [3.63, 3.8) is 0 Å². The minimum absolute atomic E-state index is 0.0896. The first-order valence-corrected chi connectivity index (χ1v) is 8.07. The van der Waals surface area contributed by atoms with Gasteiger partial charge in [0.2, 0.25) is 13.9 Å². The number of para-hydroxylation sites is 2. The molecule has 126 valence electrons. The maximum atomic E-state index is 11.9. The van der Waals surface area contributed by atoms with Gasteiger partial charge in [-0.3, -0.25) is 9.59 Å². The molecule has 2 radical (unpaired) electrons. The monoisotopic (exact) mass is 333 g/mol. The molecule has 0 atom stereocenters. The summed E-state index contributed by atoms with van der Waals surface area (Å²) in [6.45, 7) is 0.555. The summed E-state index contributed by atoms with van der Waals surface area (Å²) in [6.07, 6.45) is 4.71. The van der Waals surface area contributed by atoms with Crippen molar-refractivity contribution < 1.29 is 9.59 Å². The number of unbranched alkanes of at least 4 members (excludes halogenated alkanes) is 1. The molecule has 0 fully saturated rings. The van der Waals surface area contributed by atoms with Crippen LogP contribution in [-0.2, 0) is 4.79 Å². The number of carbonyl (C=O) groups is 2. The number of amides is 2. The molecule has 2 aromatic rings. The average molecular weight is 333 g/mol. The standard InChI is InChI=1S/C19H20BN3O2/c20-23-17-12-7-6-11-16(17)22-18(24)13-5-2-8-14-21-19(25)15-9-3-1-4-10-15/h1,3-7,9-13,23H,2,8,14H2,(H,21,25)(H,22,24)/b13-5+. The van der Waals surface area contributed by atoms with E-state index in [1.54, 1.807) is 30.3 Å². The summed E-state index contributed by atoms with van der Waals surface area (Å²) in [4.78, 5) is 23.7. The van der Waals surface area contributed by atoms with E-state index in [0.29, 0.717) is 29.9 Å². The fraction of sp³-hybridized carbons (Fsp3) is 0.158. The number of benzene rings is 2. The van der Waals surface area contributed by atoms with E-state index >= 15 is 0 Å². The van der Waals surface area contributed by atoms with Gasteiger partial charge in [-0.05, 0) is 43.2 Å². The predicted molar refractivity (Wildman–Crippen MR) is 102 cm³/mol. The Morgan fingerprint density at radius 3 is 2.36 bits per heavy atom. The highest BCUT2D eigenvalue weighted by Crippen LogP contribution is 2.19. The zero-order chi connectivity index (χ0) is 17.9. The number of hydrogen-bond acceptors (Lipinski definition) is 3. The van der Waals surface area contributed by atoms with Crippen LogP contribution in [0.5, 0.6) is 0 Å². The normalized spacial score (nSPS) is 10.4. The predicted octanol–water partition coefficient (Wildman–Crippen LogP) is 2.89. The van der Waals surface area contributed by atoms with Gasteiger partial charge in [-0.25, -0.2) is 0 Å². The molecule has 3 N–H and O–H groups in total. The van der Waals surface area contributed by atoms with Gasteiger partial charge in [0.15, 0.2) is 0 Å². The van der Waals surface area contributed by atoms with Gasteiger partial charge in [0.05, 0.1) is 5.69 Å². The van der Waals surface area contributed by atoms with E-state index in [1.165, 1.54) is 6.08 Å². The van der Waals surface area contributed by atoms with Crippen LogP contribution in [0.3, 0.4) is 0 Å². The summed E-state index contributed by atoms with van der Waals surface area (Å²) in [7, 11) is 5.39. The second kappa shape index (κ2) is 9.98. The van der Waals surface area contributed by atoms with Crippen molar-refractivity contribution in [3.8, 4) is 0 Å². The molecule has 2 amide bonds. The average Bonchev–Trinajstić information content (AvgIpc) is 2.65. The largest absolute Gasteiger partial charge is 0.436 e. The van der Waals surface area contributed by atoms with Crippen molar-refractivity contribution >= 4 is 31.2 Å². The molecule has 0 spiro atoms. The summed E-state index contributed by atoms with van der Waals surface area (Å²) in [5.41, 5.74) is 1.91. The van der Waals surface area contributed by atoms with Gasteiger partial charge in [0.1, 0.15) is 0 Å². The van der Waals surface area contributed by atoms with Gasteiger partial charge in [-0.1, -0.05) is 36.4 Å². The molecule has 0 unspecified atom stereocenters. The zero-order valence-electron chi connectivity index (χ0n) is 13.9. The van der Waals surface area contributed by atoms with E-state index in [-0.39, 0.29) is 11.8 Å². The van der Waals surface area contributed by atoms with Gasteiger partial charge in [-0.15, -0.1) is 0 Å². The molecule has 0 aliphatic carbocycles. The van der Waals surface area contributed by atoms with Gasteiger partial charge in [-0.2, -0.15) is 0 Å². The molecular formula is C19H20BN3O2. The summed E-state index contributed by atoms with van der Waals surface area (Å²) < 4.78 is 0. The fourth-order valence-electron chi connectivity index (χ4n) is 2.20. The molecule has 2 aromatic carbocycles. The van der Waals surface area contributed by atoms with Gasteiger partial charge >= 0.3 is 0 Å². The zero-order valence-corrected chi connectivity index (χ0v) is 13.9. The van der Waals surface area contributed by atoms with Gasteiger partial charge in [0.25, 0.3) is 5.91 Å².